The molecule has 0 aromatic heterocycles. The summed E-state index contributed by atoms with van der Waals surface area (Å²) in [5, 5.41) is 0. The van der Waals surface area contributed by atoms with Gasteiger partial charge in [0.05, 0.1) is 13.4 Å². The van der Waals surface area contributed by atoms with Crippen LogP contribution in [-0.2, 0) is 11.3 Å². The fourth-order valence-corrected chi connectivity index (χ4v) is 2.33. The van der Waals surface area contributed by atoms with Crippen LogP contribution in [0.1, 0.15) is 18.4 Å². The molecule has 1 saturated heterocycles. The molecule has 1 aromatic rings. The van der Waals surface area contributed by atoms with Gasteiger partial charge in [-0.05, 0) is 43.5 Å². The molecule has 0 unspecified atom stereocenters. The molecule has 1 aliphatic heterocycles. The zero-order valence-corrected chi connectivity index (χ0v) is 10.5. The number of allylic oxidation sites excluding steroid dienone is 1. The highest BCUT2D eigenvalue weighted by Crippen LogP contribution is 2.19. The fraction of sp³-hybridized carbons (Fsp3) is 0.467. The number of hydrogen-bond acceptors (Lipinski definition) is 2. The minimum absolute atomic E-state index is 0.696. The number of benzene rings is 1. The molecule has 0 aliphatic carbocycles. The van der Waals surface area contributed by atoms with Gasteiger partial charge in [0.25, 0.3) is 0 Å². The number of ether oxygens (including phenoxy) is 1. The summed E-state index contributed by atoms with van der Waals surface area (Å²) in [7, 11) is 1.71. The Balaban J connectivity index is 1.78. The minimum Gasteiger partial charge on any atom is -0.505 e. The van der Waals surface area contributed by atoms with Crippen LogP contribution in [0.4, 0.5) is 0 Å². The lowest BCUT2D eigenvalue weighted by atomic mass is 9.96. The lowest BCUT2D eigenvalue weighted by molar-refractivity contribution is 0.194. The van der Waals surface area contributed by atoms with Crippen molar-refractivity contribution in [2.45, 2.75) is 19.4 Å². The highest BCUT2D eigenvalue weighted by Gasteiger charge is 2.16. The molecule has 2 rings (SSSR count). The van der Waals surface area contributed by atoms with Gasteiger partial charge in [-0.2, -0.15) is 0 Å². The summed E-state index contributed by atoms with van der Waals surface area (Å²) < 4.78 is 4.97. The van der Waals surface area contributed by atoms with Gasteiger partial charge < -0.3 is 4.74 Å². The molecule has 0 spiro atoms. The quantitative estimate of drug-likeness (QED) is 0.738. The van der Waals surface area contributed by atoms with Gasteiger partial charge in [0.15, 0.2) is 0 Å². The topological polar surface area (TPSA) is 12.5 Å². The number of nitrogens with zero attached hydrogens (tertiary/aromatic N) is 1. The van der Waals surface area contributed by atoms with Crippen molar-refractivity contribution in [1.82, 2.24) is 4.90 Å². The lowest BCUT2D eigenvalue weighted by Crippen LogP contribution is -2.32. The Labute approximate surface area is 104 Å². The molecular formula is C15H21NO. The third-order valence-corrected chi connectivity index (χ3v) is 3.37. The lowest BCUT2D eigenvalue weighted by Gasteiger charge is -2.30. The van der Waals surface area contributed by atoms with Crippen LogP contribution in [0.15, 0.2) is 42.7 Å². The van der Waals surface area contributed by atoms with Crippen molar-refractivity contribution in [2.24, 2.45) is 5.92 Å². The fourth-order valence-electron chi connectivity index (χ4n) is 2.33. The summed E-state index contributed by atoms with van der Waals surface area (Å²) >= 11 is 0. The normalized spacial score (nSPS) is 18.6. The number of hydrogen-bond donors (Lipinski definition) is 0. The van der Waals surface area contributed by atoms with Gasteiger partial charge in [0.1, 0.15) is 0 Å². The number of likely N-dealkylation sites (tertiary alicyclic amines) is 1. The van der Waals surface area contributed by atoms with Gasteiger partial charge in [-0.3, -0.25) is 4.90 Å². The third kappa shape index (κ3) is 3.90. The largest absolute Gasteiger partial charge is 0.505 e. The molecule has 0 saturated carbocycles. The predicted octanol–water partition coefficient (Wildman–Crippen LogP) is 3.06. The number of methoxy groups -OCH3 is 1. The summed E-state index contributed by atoms with van der Waals surface area (Å²) in [6.07, 6.45) is 6.50. The average Bonchev–Trinajstić information content (AvgIpc) is 2.39. The van der Waals surface area contributed by atoms with Crippen molar-refractivity contribution in [1.29, 1.82) is 0 Å². The average molecular weight is 231 g/mol. The van der Waals surface area contributed by atoms with E-state index in [1.807, 2.05) is 6.26 Å². The summed E-state index contributed by atoms with van der Waals surface area (Å²) in [5.74, 6) is 0.696. The van der Waals surface area contributed by atoms with Crippen molar-refractivity contribution in [2.75, 3.05) is 20.2 Å². The second kappa shape index (κ2) is 6.45. The second-order valence-electron chi connectivity index (χ2n) is 4.66. The molecule has 0 radical (unpaired) electrons. The molecule has 0 amide bonds. The van der Waals surface area contributed by atoms with Crippen LogP contribution in [-0.4, -0.2) is 25.1 Å². The molecule has 1 fully saturated rings. The molecule has 0 bridgehead atoms. The minimum atomic E-state index is 0.696. The SMILES string of the molecule is CO/C=C/C1CCN(Cc2ccccc2)CC1. The maximum atomic E-state index is 4.97. The zero-order valence-electron chi connectivity index (χ0n) is 10.5. The molecule has 0 atom stereocenters. The van der Waals surface area contributed by atoms with E-state index in [2.05, 4.69) is 41.3 Å². The van der Waals surface area contributed by atoms with E-state index in [4.69, 9.17) is 4.74 Å². The van der Waals surface area contributed by atoms with E-state index in [9.17, 15) is 0 Å². The maximum absolute atomic E-state index is 4.97. The van der Waals surface area contributed by atoms with Crippen molar-refractivity contribution in [3.05, 3.63) is 48.2 Å². The second-order valence-corrected chi connectivity index (χ2v) is 4.66. The summed E-state index contributed by atoms with van der Waals surface area (Å²) in [4.78, 5) is 2.53. The van der Waals surface area contributed by atoms with Gasteiger partial charge in [0.2, 0.25) is 0 Å². The van der Waals surface area contributed by atoms with Crippen molar-refractivity contribution in [3.63, 3.8) is 0 Å². The summed E-state index contributed by atoms with van der Waals surface area (Å²) in [5.41, 5.74) is 1.42. The van der Waals surface area contributed by atoms with Crippen LogP contribution < -0.4 is 0 Å². The molecule has 17 heavy (non-hydrogen) atoms. The number of rotatable bonds is 4. The van der Waals surface area contributed by atoms with E-state index in [0.717, 1.165) is 6.54 Å². The maximum Gasteiger partial charge on any atom is 0.0787 e. The van der Waals surface area contributed by atoms with Crippen LogP contribution in [0.3, 0.4) is 0 Å². The first-order valence-electron chi connectivity index (χ1n) is 6.34. The molecule has 1 aliphatic rings. The summed E-state index contributed by atoms with van der Waals surface area (Å²) in [6, 6.07) is 10.7. The molecular weight excluding hydrogens is 210 g/mol. The van der Waals surface area contributed by atoms with E-state index in [0.29, 0.717) is 5.92 Å². The first-order valence-corrected chi connectivity index (χ1v) is 6.34. The Morgan fingerprint density at radius 2 is 1.94 bits per heavy atom. The van der Waals surface area contributed by atoms with Crippen LogP contribution in [0.5, 0.6) is 0 Å². The van der Waals surface area contributed by atoms with Crippen LogP contribution >= 0.6 is 0 Å². The first-order chi connectivity index (χ1) is 8.38. The van der Waals surface area contributed by atoms with Gasteiger partial charge in [0, 0.05) is 6.54 Å². The summed E-state index contributed by atoms with van der Waals surface area (Å²) in [6.45, 7) is 3.46. The van der Waals surface area contributed by atoms with Crippen LogP contribution in [0.2, 0.25) is 0 Å². The molecule has 2 heteroatoms. The van der Waals surface area contributed by atoms with Gasteiger partial charge >= 0.3 is 0 Å². The van der Waals surface area contributed by atoms with E-state index in [1.54, 1.807) is 7.11 Å². The molecule has 0 N–H and O–H groups in total. The Hall–Kier alpha value is -1.28. The van der Waals surface area contributed by atoms with Gasteiger partial charge in [-0.25, -0.2) is 0 Å². The van der Waals surface area contributed by atoms with Crippen LogP contribution in [0, 0.1) is 5.92 Å². The van der Waals surface area contributed by atoms with E-state index in [-0.39, 0.29) is 0 Å². The smallest absolute Gasteiger partial charge is 0.0787 e. The van der Waals surface area contributed by atoms with E-state index < -0.39 is 0 Å². The standard InChI is InChI=1S/C15H21NO/c1-17-12-9-14-7-10-16(11-8-14)13-15-5-3-2-4-6-15/h2-6,9,12,14H,7-8,10-11,13H2,1H3/b12-9+. The molecule has 1 heterocycles. The van der Waals surface area contributed by atoms with E-state index in [1.165, 1.54) is 31.5 Å². The van der Waals surface area contributed by atoms with Crippen molar-refractivity contribution in [3.8, 4) is 0 Å². The molecule has 92 valence electrons. The van der Waals surface area contributed by atoms with Gasteiger partial charge in [-0.1, -0.05) is 30.3 Å². The molecule has 2 nitrogen and oxygen atoms in total. The van der Waals surface area contributed by atoms with Crippen molar-refractivity contribution < 1.29 is 4.74 Å². The van der Waals surface area contributed by atoms with Crippen LogP contribution in [0.25, 0.3) is 0 Å². The van der Waals surface area contributed by atoms with E-state index >= 15 is 0 Å². The Morgan fingerprint density at radius 3 is 2.59 bits per heavy atom. The Kier molecular flexibility index (Phi) is 4.63. The highest BCUT2D eigenvalue weighted by molar-refractivity contribution is 5.14. The van der Waals surface area contributed by atoms with Crippen molar-refractivity contribution >= 4 is 0 Å². The predicted molar refractivity (Wildman–Crippen MR) is 70.6 cm³/mol. The first kappa shape index (κ1) is 12.2. The Morgan fingerprint density at radius 1 is 1.24 bits per heavy atom. The zero-order chi connectivity index (χ0) is 11.9. The third-order valence-electron chi connectivity index (χ3n) is 3.37. The highest BCUT2D eigenvalue weighted by atomic mass is 16.5. The molecule has 1 aromatic carbocycles. The Bertz CT molecular complexity index is 339. The number of piperidine rings is 1. The van der Waals surface area contributed by atoms with Gasteiger partial charge in [-0.15, -0.1) is 0 Å². The monoisotopic (exact) mass is 231 g/mol.